The van der Waals surface area contributed by atoms with Crippen LogP contribution in [-0.4, -0.2) is 6.54 Å². The Bertz CT molecular complexity index is 619. The molecule has 5 heteroatoms. The van der Waals surface area contributed by atoms with Gasteiger partial charge >= 0.3 is 0 Å². The molecule has 0 radical (unpaired) electrons. The van der Waals surface area contributed by atoms with Crippen molar-refractivity contribution in [2.75, 3.05) is 6.54 Å². The van der Waals surface area contributed by atoms with Crippen LogP contribution in [0.15, 0.2) is 40.9 Å². The molecule has 0 bridgehead atoms. The van der Waals surface area contributed by atoms with E-state index in [4.69, 9.17) is 4.74 Å². The highest BCUT2D eigenvalue weighted by Gasteiger charge is 2.07. The average molecular weight is 356 g/mol. The lowest BCUT2D eigenvalue weighted by Crippen LogP contribution is -2.12. The van der Waals surface area contributed by atoms with Crippen molar-refractivity contribution in [2.45, 2.75) is 20.1 Å². The van der Waals surface area contributed by atoms with E-state index in [0.717, 1.165) is 12.1 Å². The molecule has 0 aromatic heterocycles. The van der Waals surface area contributed by atoms with E-state index in [9.17, 15) is 8.78 Å². The maximum absolute atomic E-state index is 13.5. The molecular weight excluding hydrogens is 340 g/mol. The van der Waals surface area contributed by atoms with Crippen molar-refractivity contribution in [2.24, 2.45) is 0 Å². The molecule has 0 unspecified atom stereocenters. The zero-order chi connectivity index (χ0) is 15.2. The van der Waals surface area contributed by atoms with Gasteiger partial charge in [-0.1, -0.05) is 19.1 Å². The molecule has 0 aliphatic heterocycles. The maximum atomic E-state index is 13.5. The number of hydrogen-bond acceptors (Lipinski definition) is 2. The van der Waals surface area contributed by atoms with Crippen molar-refractivity contribution in [1.29, 1.82) is 0 Å². The Hall–Kier alpha value is -1.46. The van der Waals surface area contributed by atoms with Crippen LogP contribution >= 0.6 is 15.9 Å². The Morgan fingerprint density at radius 3 is 2.76 bits per heavy atom. The maximum Gasteiger partial charge on any atom is 0.137 e. The topological polar surface area (TPSA) is 21.3 Å². The SMILES string of the molecule is CCNCc1cc(F)cc(OCc2cccc(F)c2Br)c1. The van der Waals surface area contributed by atoms with E-state index in [-0.39, 0.29) is 18.2 Å². The normalized spacial score (nSPS) is 10.7. The largest absolute Gasteiger partial charge is 0.489 e. The van der Waals surface area contributed by atoms with Gasteiger partial charge in [-0.25, -0.2) is 8.78 Å². The molecule has 2 aromatic carbocycles. The molecular formula is C16H16BrF2NO. The van der Waals surface area contributed by atoms with Crippen LogP contribution in [0.2, 0.25) is 0 Å². The number of hydrogen-bond donors (Lipinski definition) is 1. The highest BCUT2D eigenvalue weighted by molar-refractivity contribution is 9.10. The van der Waals surface area contributed by atoms with E-state index in [1.807, 2.05) is 6.92 Å². The predicted octanol–water partition coefficient (Wildman–Crippen LogP) is 4.42. The van der Waals surface area contributed by atoms with Crippen LogP contribution in [0.1, 0.15) is 18.1 Å². The summed E-state index contributed by atoms with van der Waals surface area (Å²) in [5, 5.41) is 3.13. The summed E-state index contributed by atoms with van der Waals surface area (Å²) < 4.78 is 32.9. The van der Waals surface area contributed by atoms with E-state index >= 15 is 0 Å². The molecule has 0 fully saturated rings. The van der Waals surface area contributed by atoms with Gasteiger partial charge in [0.25, 0.3) is 0 Å². The molecule has 1 N–H and O–H groups in total. The second kappa shape index (κ2) is 7.52. The lowest BCUT2D eigenvalue weighted by molar-refractivity contribution is 0.302. The first-order valence-electron chi connectivity index (χ1n) is 6.66. The molecule has 2 aromatic rings. The van der Waals surface area contributed by atoms with Crippen molar-refractivity contribution in [3.05, 3.63) is 63.6 Å². The van der Waals surface area contributed by atoms with Crippen molar-refractivity contribution in [3.63, 3.8) is 0 Å². The Morgan fingerprint density at radius 2 is 2.00 bits per heavy atom. The summed E-state index contributed by atoms with van der Waals surface area (Å²) in [6, 6.07) is 9.30. The first-order chi connectivity index (χ1) is 10.1. The molecule has 112 valence electrons. The minimum absolute atomic E-state index is 0.169. The fourth-order valence-corrected chi connectivity index (χ4v) is 2.28. The Kier molecular flexibility index (Phi) is 5.70. The number of ether oxygens (including phenoxy) is 1. The number of halogens is 3. The first-order valence-corrected chi connectivity index (χ1v) is 7.45. The van der Waals surface area contributed by atoms with Crippen LogP contribution in [0.3, 0.4) is 0 Å². The van der Waals surface area contributed by atoms with E-state index in [1.165, 1.54) is 18.2 Å². The van der Waals surface area contributed by atoms with Gasteiger partial charge in [0.05, 0.1) is 4.47 Å². The van der Waals surface area contributed by atoms with Gasteiger partial charge in [-0.05, 0) is 46.2 Å². The van der Waals surface area contributed by atoms with Crippen LogP contribution in [0.4, 0.5) is 8.78 Å². The van der Waals surface area contributed by atoms with Crippen molar-refractivity contribution < 1.29 is 13.5 Å². The van der Waals surface area contributed by atoms with Crippen LogP contribution in [0.25, 0.3) is 0 Å². The third kappa shape index (κ3) is 4.51. The summed E-state index contributed by atoms with van der Waals surface area (Å²) in [6.45, 7) is 3.54. The molecule has 0 aliphatic carbocycles. The highest BCUT2D eigenvalue weighted by atomic mass is 79.9. The Labute approximate surface area is 131 Å². The second-order valence-corrected chi connectivity index (χ2v) is 5.37. The van der Waals surface area contributed by atoms with Crippen LogP contribution in [0.5, 0.6) is 5.75 Å². The minimum atomic E-state index is -0.348. The first kappa shape index (κ1) is 15.9. The number of rotatable bonds is 6. The third-order valence-corrected chi connectivity index (χ3v) is 3.82. The molecule has 0 heterocycles. The van der Waals surface area contributed by atoms with Gasteiger partial charge in [0, 0.05) is 18.2 Å². The lowest BCUT2D eigenvalue weighted by atomic mass is 10.2. The third-order valence-electron chi connectivity index (χ3n) is 2.94. The fraction of sp³-hybridized carbons (Fsp3) is 0.250. The summed E-state index contributed by atoms with van der Waals surface area (Å²) in [7, 11) is 0. The van der Waals surface area contributed by atoms with E-state index in [2.05, 4.69) is 21.2 Å². The second-order valence-electron chi connectivity index (χ2n) is 4.58. The van der Waals surface area contributed by atoms with Gasteiger partial charge in [0.15, 0.2) is 0 Å². The smallest absolute Gasteiger partial charge is 0.137 e. The Balaban J connectivity index is 2.09. The predicted molar refractivity (Wildman–Crippen MR) is 82.2 cm³/mol. The zero-order valence-corrected chi connectivity index (χ0v) is 13.2. The lowest BCUT2D eigenvalue weighted by Gasteiger charge is -2.10. The van der Waals surface area contributed by atoms with Gasteiger partial charge in [-0.3, -0.25) is 0 Å². The average Bonchev–Trinajstić information content (AvgIpc) is 2.46. The minimum Gasteiger partial charge on any atom is -0.489 e. The summed E-state index contributed by atoms with van der Waals surface area (Å²) in [6.07, 6.45) is 0. The summed E-state index contributed by atoms with van der Waals surface area (Å²) in [4.78, 5) is 0. The number of benzene rings is 2. The molecule has 21 heavy (non-hydrogen) atoms. The molecule has 0 saturated carbocycles. The molecule has 0 aliphatic rings. The monoisotopic (exact) mass is 355 g/mol. The van der Waals surface area contributed by atoms with E-state index in [0.29, 0.717) is 22.3 Å². The van der Waals surface area contributed by atoms with Crippen LogP contribution in [-0.2, 0) is 13.2 Å². The van der Waals surface area contributed by atoms with E-state index < -0.39 is 0 Å². The quantitative estimate of drug-likeness (QED) is 0.828. The summed E-state index contributed by atoms with van der Waals surface area (Å²) in [5.41, 5.74) is 1.48. The Morgan fingerprint density at radius 1 is 1.19 bits per heavy atom. The van der Waals surface area contributed by atoms with Gasteiger partial charge in [0.1, 0.15) is 24.0 Å². The van der Waals surface area contributed by atoms with Gasteiger partial charge in [0.2, 0.25) is 0 Å². The van der Waals surface area contributed by atoms with Gasteiger partial charge in [-0.15, -0.1) is 0 Å². The summed E-state index contributed by atoms with van der Waals surface area (Å²) >= 11 is 3.18. The zero-order valence-electron chi connectivity index (χ0n) is 11.6. The fourth-order valence-electron chi connectivity index (χ4n) is 1.90. The van der Waals surface area contributed by atoms with Gasteiger partial charge < -0.3 is 10.1 Å². The molecule has 0 saturated heterocycles. The van der Waals surface area contributed by atoms with Crippen molar-refractivity contribution in [1.82, 2.24) is 5.32 Å². The van der Waals surface area contributed by atoms with Crippen molar-refractivity contribution in [3.8, 4) is 5.75 Å². The number of nitrogens with one attached hydrogen (secondary N) is 1. The molecule has 0 atom stereocenters. The van der Waals surface area contributed by atoms with Crippen LogP contribution in [0, 0.1) is 11.6 Å². The summed E-state index contributed by atoms with van der Waals surface area (Å²) in [5.74, 6) is -0.263. The van der Waals surface area contributed by atoms with E-state index in [1.54, 1.807) is 18.2 Å². The molecule has 0 amide bonds. The van der Waals surface area contributed by atoms with Crippen LogP contribution < -0.4 is 10.1 Å². The molecule has 2 rings (SSSR count). The van der Waals surface area contributed by atoms with Gasteiger partial charge in [-0.2, -0.15) is 0 Å². The van der Waals surface area contributed by atoms with Crippen molar-refractivity contribution >= 4 is 15.9 Å². The highest BCUT2D eigenvalue weighted by Crippen LogP contribution is 2.23. The molecule has 0 spiro atoms. The molecule has 2 nitrogen and oxygen atoms in total. The standard InChI is InChI=1S/C16H16BrF2NO/c1-2-20-9-11-6-13(18)8-14(7-11)21-10-12-4-3-5-15(19)16(12)17/h3-8,20H,2,9-10H2,1H3.